The van der Waals surface area contributed by atoms with E-state index in [1.165, 1.54) is 0 Å². The van der Waals surface area contributed by atoms with E-state index >= 15 is 0 Å². The first-order chi connectivity index (χ1) is 9.78. The highest BCUT2D eigenvalue weighted by molar-refractivity contribution is 7.99. The van der Waals surface area contributed by atoms with Crippen molar-refractivity contribution >= 4 is 23.6 Å². The highest BCUT2D eigenvalue weighted by Crippen LogP contribution is 2.23. The third-order valence-corrected chi connectivity index (χ3v) is 4.11. The van der Waals surface area contributed by atoms with E-state index in [1.54, 1.807) is 35.0 Å². The van der Waals surface area contributed by atoms with Crippen LogP contribution in [0.15, 0.2) is 18.3 Å². The number of carbonyl (C=O) groups is 2. The summed E-state index contributed by atoms with van der Waals surface area (Å²) in [5.41, 5.74) is 1.09. The molecule has 0 aliphatic carbocycles. The normalized spacial score (nSPS) is 18.7. The van der Waals surface area contributed by atoms with Gasteiger partial charge in [-0.1, -0.05) is 0 Å². The first-order valence-electron chi connectivity index (χ1n) is 6.91. The number of thioether (sulfide) groups is 1. The van der Waals surface area contributed by atoms with E-state index in [1.807, 2.05) is 27.7 Å². The zero-order chi connectivity index (χ0) is 15.6. The molecule has 114 valence electrons. The van der Waals surface area contributed by atoms with Gasteiger partial charge in [-0.25, -0.2) is 0 Å². The van der Waals surface area contributed by atoms with Gasteiger partial charge < -0.3 is 10.2 Å². The van der Waals surface area contributed by atoms with E-state index in [9.17, 15) is 9.59 Å². The quantitative estimate of drug-likeness (QED) is 0.905. The van der Waals surface area contributed by atoms with Gasteiger partial charge in [0.25, 0.3) is 5.91 Å². The second kappa shape index (κ2) is 6.05. The molecule has 2 amide bonds. The first kappa shape index (κ1) is 15.8. The molecule has 1 aromatic heterocycles. The van der Waals surface area contributed by atoms with Gasteiger partial charge in [-0.15, -0.1) is 11.8 Å². The summed E-state index contributed by atoms with van der Waals surface area (Å²) >= 11 is 1.59. The van der Waals surface area contributed by atoms with Crippen LogP contribution in [0, 0.1) is 6.92 Å². The Hall–Kier alpha value is -1.56. The Kier molecular flexibility index (Phi) is 4.56. The smallest absolute Gasteiger partial charge is 0.256 e. The molecule has 1 aromatic rings. The van der Waals surface area contributed by atoms with Gasteiger partial charge in [-0.3, -0.25) is 14.6 Å². The van der Waals surface area contributed by atoms with Crippen LogP contribution in [-0.2, 0) is 4.79 Å². The number of pyridine rings is 1. The van der Waals surface area contributed by atoms with Crippen molar-refractivity contribution in [2.75, 3.05) is 11.6 Å². The van der Waals surface area contributed by atoms with E-state index in [0.29, 0.717) is 17.2 Å². The van der Waals surface area contributed by atoms with Gasteiger partial charge in [-0.05, 0) is 39.8 Å². The highest BCUT2D eigenvalue weighted by atomic mass is 32.2. The first-order valence-corrected chi connectivity index (χ1v) is 8.07. The molecular weight excluding hydrogens is 286 g/mol. The molecule has 1 aliphatic rings. The average Bonchev–Trinajstić information content (AvgIpc) is 2.86. The lowest BCUT2D eigenvalue weighted by atomic mass is 10.1. The summed E-state index contributed by atoms with van der Waals surface area (Å²) in [6.45, 7) is 7.68. The van der Waals surface area contributed by atoms with Crippen LogP contribution < -0.4 is 5.32 Å². The van der Waals surface area contributed by atoms with Crippen LogP contribution >= 0.6 is 11.8 Å². The monoisotopic (exact) mass is 307 g/mol. The van der Waals surface area contributed by atoms with Gasteiger partial charge >= 0.3 is 0 Å². The molecule has 6 heteroatoms. The molecule has 1 saturated heterocycles. The van der Waals surface area contributed by atoms with Crippen molar-refractivity contribution in [3.05, 3.63) is 29.6 Å². The second-order valence-electron chi connectivity index (χ2n) is 6.22. The zero-order valence-electron chi connectivity index (χ0n) is 12.8. The standard InChI is InChI=1S/C15H21N3O2S/c1-10-5-6-11(7-16-10)14(20)18-9-21-8-12(18)13(19)17-15(2,3)4/h5-7,12H,8-9H2,1-4H3,(H,17,19)/t12-/m1/s1. The van der Waals surface area contributed by atoms with Gasteiger partial charge in [0.15, 0.2) is 0 Å². The van der Waals surface area contributed by atoms with E-state index in [4.69, 9.17) is 0 Å². The van der Waals surface area contributed by atoms with Crippen molar-refractivity contribution in [3.8, 4) is 0 Å². The summed E-state index contributed by atoms with van der Waals surface area (Å²) in [6.07, 6.45) is 1.57. The lowest BCUT2D eigenvalue weighted by molar-refractivity contribution is -0.125. The molecule has 0 aromatic carbocycles. The lowest BCUT2D eigenvalue weighted by Gasteiger charge is -2.27. The molecule has 0 spiro atoms. The molecule has 2 heterocycles. The average molecular weight is 307 g/mol. The number of nitrogens with one attached hydrogen (secondary N) is 1. The van der Waals surface area contributed by atoms with Gasteiger partial charge in [-0.2, -0.15) is 0 Å². The Morgan fingerprint density at radius 3 is 2.67 bits per heavy atom. The number of nitrogens with zero attached hydrogens (tertiary/aromatic N) is 2. The predicted molar refractivity (Wildman–Crippen MR) is 84.2 cm³/mol. The van der Waals surface area contributed by atoms with Crippen molar-refractivity contribution < 1.29 is 9.59 Å². The fourth-order valence-electron chi connectivity index (χ4n) is 2.07. The molecule has 21 heavy (non-hydrogen) atoms. The molecule has 1 N–H and O–H groups in total. The van der Waals surface area contributed by atoms with Gasteiger partial charge in [0.2, 0.25) is 5.91 Å². The molecule has 1 fully saturated rings. The Balaban J connectivity index is 2.13. The molecule has 2 rings (SSSR count). The second-order valence-corrected chi connectivity index (χ2v) is 7.22. The van der Waals surface area contributed by atoms with Gasteiger partial charge in [0.05, 0.1) is 11.4 Å². The van der Waals surface area contributed by atoms with Crippen LogP contribution in [0.1, 0.15) is 36.8 Å². The minimum absolute atomic E-state index is 0.0964. The predicted octanol–water partition coefficient (Wildman–Crippen LogP) is 1.82. The summed E-state index contributed by atoms with van der Waals surface area (Å²) in [7, 11) is 0. The Labute approximate surface area is 129 Å². The van der Waals surface area contributed by atoms with Gasteiger partial charge in [0, 0.05) is 23.2 Å². The third kappa shape index (κ3) is 3.97. The fraction of sp³-hybridized carbons (Fsp3) is 0.533. The van der Waals surface area contributed by atoms with E-state index in [-0.39, 0.29) is 17.4 Å². The van der Waals surface area contributed by atoms with Crippen molar-refractivity contribution in [1.82, 2.24) is 15.2 Å². The summed E-state index contributed by atoms with van der Waals surface area (Å²) in [6, 6.07) is 3.15. The van der Waals surface area contributed by atoms with Crippen LogP contribution in [-0.4, -0.2) is 44.9 Å². The molecule has 5 nitrogen and oxygen atoms in total. The van der Waals surface area contributed by atoms with E-state index < -0.39 is 6.04 Å². The molecule has 0 radical (unpaired) electrons. The molecule has 0 bridgehead atoms. The zero-order valence-corrected chi connectivity index (χ0v) is 13.7. The van der Waals surface area contributed by atoms with Crippen LogP contribution in [0.5, 0.6) is 0 Å². The maximum atomic E-state index is 12.5. The highest BCUT2D eigenvalue weighted by Gasteiger charge is 2.36. The number of aromatic nitrogens is 1. The van der Waals surface area contributed by atoms with E-state index in [2.05, 4.69) is 10.3 Å². The summed E-state index contributed by atoms with van der Waals surface area (Å²) < 4.78 is 0. The lowest BCUT2D eigenvalue weighted by Crippen LogP contribution is -2.52. The maximum Gasteiger partial charge on any atom is 0.256 e. The fourth-order valence-corrected chi connectivity index (χ4v) is 3.23. The number of carbonyl (C=O) groups excluding carboxylic acids is 2. The van der Waals surface area contributed by atoms with Crippen LogP contribution in [0.25, 0.3) is 0 Å². The Morgan fingerprint density at radius 1 is 1.38 bits per heavy atom. The number of amides is 2. The largest absolute Gasteiger partial charge is 0.350 e. The SMILES string of the molecule is Cc1ccc(C(=O)N2CSC[C@@H]2C(=O)NC(C)(C)C)cn1. The summed E-state index contributed by atoms with van der Waals surface area (Å²) in [5, 5.41) is 2.94. The van der Waals surface area contributed by atoms with Crippen molar-refractivity contribution in [1.29, 1.82) is 0 Å². The Morgan fingerprint density at radius 2 is 2.10 bits per heavy atom. The number of hydrogen-bond acceptors (Lipinski definition) is 4. The van der Waals surface area contributed by atoms with Crippen molar-refractivity contribution in [2.45, 2.75) is 39.3 Å². The maximum absolute atomic E-state index is 12.5. The topological polar surface area (TPSA) is 62.3 Å². The van der Waals surface area contributed by atoms with Crippen molar-refractivity contribution in [2.24, 2.45) is 0 Å². The number of rotatable bonds is 2. The molecule has 0 saturated carbocycles. The molecular formula is C15H21N3O2S. The summed E-state index contributed by atoms with van der Waals surface area (Å²) in [5.74, 6) is 0.935. The molecule has 1 aliphatic heterocycles. The number of hydrogen-bond donors (Lipinski definition) is 1. The van der Waals surface area contributed by atoms with Gasteiger partial charge in [0.1, 0.15) is 6.04 Å². The third-order valence-electron chi connectivity index (χ3n) is 3.10. The van der Waals surface area contributed by atoms with Crippen LogP contribution in [0.4, 0.5) is 0 Å². The van der Waals surface area contributed by atoms with Crippen LogP contribution in [0.2, 0.25) is 0 Å². The van der Waals surface area contributed by atoms with Crippen molar-refractivity contribution in [3.63, 3.8) is 0 Å². The number of aryl methyl sites for hydroxylation is 1. The van der Waals surface area contributed by atoms with Crippen LogP contribution in [0.3, 0.4) is 0 Å². The Bertz CT molecular complexity index is 537. The summed E-state index contributed by atoms with van der Waals surface area (Å²) in [4.78, 5) is 30.6. The van der Waals surface area contributed by atoms with E-state index in [0.717, 1.165) is 5.69 Å². The molecule has 1 atom stereocenters. The minimum Gasteiger partial charge on any atom is -0.350 e. The molecule has 0 unspecified atom stereocenters. The minimum atomic E-state index is -0.414.